The van der Waals surface area contributed by atoms with Gasteiger partial charge in [-0.3, -0.25) is 0 Å². The number of aromatic nitrogens is 2. The molecule has 0 bridgehead atoms. The van der Waals surface area contributed by atoms with Gasteiger partial charge in [-0.2, -0.15) is 10.2 Å². The Morgan fingerprint density at radius 2 is 1.84 bits per heavy atom. The van der Waals surface area contributed by atoms with E-state index in [9.17, 15) is 0 Å². The van der Waals surface area contributed by atoms with E-state index in [2.05, 4.69) is 59.7 Å². The van der Waals surface area contributed by atoms with Gasteiger partial charge in [0.15, 0.2) is 0 Å². The minimum absolute atomic E-state index is 0.172. The van der Waals surface area contributed by atoms with Crippen molar-refractivity contribution >= 4 is 0 Å². The summed E-state index contributed by atoms with van der Waals surface area (Å²) < 4.78 is 0. The molecule has 0 aliphatic carbocycles. The number of hydrogen-bond donors (Lipinski definition) is 1. The Hall–Kier alpha value is -1.74. The van der Waals surface area contributed by atoms with Gasteiger partial charge in [-0.05, 0) is 50.1 Å². The van der Waals surface area contributed by atoms with E-state index >= 15 is 0 Å². The van der Waals surface area contributed by atoms with E-state index in [0.717, 1.165) is 17.8 Å². The van der Waals surface area contributed by atoms with Crippen molar-refractivity contribution in [3.05, 3.63) is 58.4 Å². The predicted octanol–water partition coefficient (Wildman–Crippen LogP) is 2.96. The highest BCUT2D eigenvalue weighted by Gasteiger charge is 2.18. The first kappa shape index (κ1) is 13.7. The summed E-state index contributed by atoms with van der Waals surface area (Å²) in [5, 5.41) is 11.9. The summed E-state index contributed by atoms with van der Waals surface area (Å²) in [6, 6.07) is 10.8. The first-order chi connectivity index (χ1) is 9.17. The van der Waals surface area contributed by atoms with Gasteiger partial charge in [-0.1, -0.05) is 31.2 Å². The molecule has 3 heteroatoms. The summed E-state index contributed by atoms with van der Waals surface area (Å²) in [5.74, 6) is 0. The van der Waals surface area contributed by atoms with E-state index in [0.29, 0.717) is 0 Å². The summed E-state index contributed by atoms with van der Waals surface area (Å²) in [4.78, 5) is 0. The zero-order valence-corrected chi connectivity index (χ0v) is 12.1. The van der Waals surface area contributed by atoms with Crippen LogP contribution >= 0.6 is 0 Å². The molecule has 0 spiro atoms. The van der Waals surface area contributed by atoms with Crippen LogP contribution in [-0.2, 0) is 6.42 Å². The first-order valence-electron chi connectivity index (χ1n) is 6.73. The highest BCUT2D eigenvalue weighted by Crippen LogP contribution is 2.26. The van der Waals surface area contributed by atoms with Gasteiger partial charge >= 0.3 is 0 Å². The van der Waals surface area contributed by atoms with Crippen LogP contribution in [-0.4, -0.2) is 17.2 Å². The van der Waals surface area contributed by atoms with Crippen LogP contribution in [0.5, 0.6) is 0 Å². The lowest BCUT2D eigenvalue weighted by Gasteiger charge is -2.21. The Kier molecular flexibility index (Phi) is 4.27. The van der Waals surface area contributed by atoms with Crippen molar-refractivity contribution in [3.8, 4) is 0 Å². The van der Waals surface area contributed by atoms with Crippen LogP contribution < -0.4 is 5.32 Å². The van der Waals surface area contributed by atoms with Crippen molar-refractivity contribution < 1.29 is 0 Å². The lowest BCUT2D eigenvalue weighted by atomic mass is 9.93. The second-order valence-corrected chi connectivity index (χ2v) is 4.82. The number of hydrogen-bond acceptors (Lipinski definition) is 3. The van der Waals surface area contributed by atoms with Crippen LogP contribution in [0.4, 0.5) is 0 Å². The second-order valence-electron chi connectivity index (χ2n) is 4.82. The smallest absolute Gasteiger partial charge is 0.0679 e. The van der Waals surface area contributed by atoms with Crippen molar-refractivity contribution in [3.63, 3.8) is 0 Å². The third-order valence-corrected chi connectivity index (χ3v) is 3.46. The zero-order chi connectivity index (χ0) is 13.8. The molecule has 1 heterocycles. The van der Waals surface area contributed by atoms with Crippen LogP contribution in [0, 0.1) is 13.8 Å². The number of aryl methyl sites for hydroxylation is 3. The second kappa shape index (κ2) is 5.93. The van der Waals surface area contributed by atoms with Crippen LogP contribution in [0.2, 0.25) is 0 Å². The van der Waals surface area contributed by atoms with Crippen LogP contribution in [0.25, 0.3) is 0 Å². The quantitative estimate of drug-likeness (QED) is 0.912. The molecule has 0 radical (unpaired) electrons. The maximum Gasteiger partial charge on any atom is 0.0679 e. The molecule has 0 saturated carbocycles. The fraction of sp³-hybridized carbons (Fsp3) is 0.375. The molecule has 3 nitrogen and oxygen atoms in total. The largest absolute Gasteiger partial charge is 0.309 e. The fourth-order valence-electron chi connectivity index (χ4n) is 2.45. The molecule has 0 aliphatic rings. The molecule has 2 rings (SSSR count). The van der Waals surface area contributed by atoms with E-state index < -0.39 is 0 Å². The van der Waals surface area contributed by atoms with Crippen molar-refractivity contribution in [1.29, 1.82) is 0 Å². The number of rotatable bonds is 4. The van der Waals surface area contributed by atoms with E-state index in [1.54, 1.807) is 0 Å². The van der Waals surface area contributed by atoms with Gasteiger partial charge in [0.2, 0.25) is 0 Å². The van der Waals surface area contributed by atoms with Gasteiger partial charge in [-0.15, -0.1) is 0 Å². The SMILES string of the molecule is CCc1nnc(C)cc1C(NC)c1ccccc1C. The number of nitrogens with zero attached hydrogens (tertiary/aromatic N) is 2. The average Bonchev–Trinajstić information content (AvgIpc) is 2.42. The summed E-state index contributed by atoms with van der Waals surface area (Å²) in [5.41, 5.74) is 5.84. The van der Waals surface area contributed by atoms with Crippen molar-refractivity contribution in [2.75, 3.05) is 7.05 Å². The molecule has 1 atom stereocenters. The van der Waals surface area contributed by atoms with E-state index in [-0.39, 0.29) is 6.04 Å². The Balaban J connectivity index is 2.54. The van der Waals surface area contributed by atoms with Crippen LogP contribution in [0.1, 0.15) is 41.0 Å². The highest BCUT2D eigenvalue weighted by atomic mass is 15.1. The molecule has 0 fully saturated rings. The van der Waals surface area contributed by atoms with Gasteiger partial charge in [-0.25, -0.2) is 0 Å². The van der Waals surface area contributed by atoms with Crippen molar-refractivity contribution in [1.82, 2.24) is 15.5 Å². The molecule has 1 aromatic carbocycles. The van der Waals surface area contributed by atoms with Crippen molar-refractivity contribution in [2.45, 2.75) is 33.2 Å². The molecule has 2 aromatic rings. The lowest BCUT2D eigenvalue weighted by Crippen LogP contribution is -2.21. The molecular formula is C16H21N3. The molecule has 1 N–H and O–H groups in total. The third kappa shape index (κ3) is 2.82. The molecule has 1 unspecified atom stereocenters. The minimum Gasteiger partial charge on any atom is -0.309 e. The van der Waals surface area contributed by atoms with Gasteiger partial charge in [0, 0.05) is 0 Å². The molecule has 0 saturated heterocycles. The predicted molar refractivity (Wildman–Crippen MR) is 78.2 cm³/mol. The van der Waals surface area contributed by atoms with E-state index in [1.807, 2.05) is 14.0 Å². The van der Waals surface area contributed by atoms with Crippen molar-refractivity contribution in [2.24, 2.45) is 0 Å². The number of nitrogens with one attached hydrogen (secondary N) is 1. The Bertz CT molecular complexity index is 564. The third-order valence-electron chi connectivity index (χ3n) is 3.46. The normalized spacial score (nSPS) is 12.4. The monoisotopic (exact) mass is 255 g/mol. The first-order valence-corrected chi connectivity index (χ1v) is 6.73. The van der Waals surface area contributed by atoms with E-state index in [4.69, 9.17) is 0 Å². The molecule has 19 heavy (non-hydrogen) atoms. The van der Waals surface area contributed by atoms with Gasteiger partial charge in [0.25, 0.3) is 0 Å². The lowest BCUT2D eigenvalue weighted by molar-refractivity contribution is 0.665. The minimum atomic E-state index is 0.172. The Morgan fingerprint density at radius 1 is 1.11 bits per heavy atom. The Morgan fingerprint density at radius 3 is 2.47 bits per heavy atom. The summed E-state index contributed by atoms with van der Waals surface area (Å²) in [6.45, 7) is 6.25. The highest BCUT2D eigenvalue weighted by molar-refractivity contribution is 5.38. The van der Waals surface area contributed by atoms with Crippen LogP contribution in [0.3, 0.4) is 0 Å². The molecule has 0 amide bonds. The summed E-state index contributed by atoms with van der Waals surface area (Å²) in [6.07, 6.45) is 0.896. The molecule has 0 aliphatic heterocycles. The molecule has 1 aromatic heterocycles. The van der Waals surface area contributed by atoms with Gasteiger partial charge < -0.3 is 5.32 Å². The van der Waals surface area contributed by atoms with Gasteiger partial charge in [0.1, 0.15) is 0 Å². The zero-order valence-electron chi connectivity index (χ0n) is 12.1. The van der Waals surface area contributed by atoms with E-state index in [1.165, 1.54) is 16.7 Å². The standard InChI is InChI=1S/C16H21N3/c1-5-15-14(10-12(3)18-19-15)16(17-4)13-9-7-6-8-11(13)2/h6-10,16-17H,5H2,1-4H3. The maximum atomic E-state index is 4.33. The average molecular weight is 255 g/mol. The fourth-order valence-corrected chi connectivity index (χ4v) is 2.45. The van der Waals surface area contributed by atoms with Gasteiger partial charge in [0.05, 0.1) is 17.4 Å². The maximum absolute atomic E-state index is 4.33. The molecule has 100 valence electrons. The number of benzene rings is 1. The topological polar surface area (TPSA) is 37.8 Å². The Labute approximate surface area is 115 Å². The summed E-state index contributed by atoms with van der Waals surface area (Å²) >= 11 is 0. The van der Waals surface area contributed by atoms with Crippen LogP contribution in [0.15, 0.2) is 30.3 Å². The molecular weight excluding hydrogens is 234 g/mol. The summed E-state index contributed by atoms with van der Waals surface area (Å²) in [7, 11) is 1.99.